The first-order valence-corrected chi connectivity index (χ1v) is 8.35. The Morgan fingerprint density at radius 1 is 1.09 bits per heavy atom. The molecule has 0 radical (unpaired) electrons. The van der Waals surface area contributed by atoms with Crippen LogP contribution in [0.2, 0.25) is 0 Å². The molecule has 22 heavy (non-hydrogen) atoms. The standard InChI is InChI=1S/C18H26N2O2/c19-18(10-12-22-13-11-18)16(21)20-14-17(8-4-5-9-17)15-6-2-1-3-7-15/h1-3,6-7H,4-5,8-14,19H2,(H,20,21). The zero-order chi connectivity index (χ0) is 15.5. The van der Waals surface area contributed by atoms with Gasteiger partial charge in [-0.1, -0.05) is 43.2 Å². The second-order valence-corrected chi connectivity index (χ2v) is 6.80. The number of benzene rings is 1. The topological polar surface area (TPSA) is 64.4 Å². The van der Waals surface area contributed by atoms with Gasteiger partial charge in [0.1, 0.15) is 0 Å². The molecule has 3 N–H and O–H groups in total. The van der Waals surface area contributed by atoms with E-state index in [1.165, 1.54) is 18.4 Å². The van der Waals surface area contributed by atoms with Gasteiger partial charge in [-0.25, -0.2) is 0 Å². The molecule has 1 aliphatic carbocycles. The molecule has 2 fully saturated rings. The van der Waals surface area contributed by atoms with Crippen molar-refractivity contribution < 1.29 is 9.53 Å². The lowest BCUT2D eigenvalue weighted by Crippen LogP contribution is -2.58. The van der Waals surface area contributed by atoms with Crippen LogP contribution in [0, 0.1) is 0 Å². The molecule has 2 aliphatic rings. The van der Waals surface area contributed by atoms with Crippen LogP contribution in [-0.4, -0.2) is 31.2 Å². The summed E-state index contributed by atoms with van der Waals surface area (Å²) in [6.45, 7) is 1.84. The van der Waals surface area contributed by atoms with Crippen LogP contribution in [0.15, 0.2) is 30.3 Å². The van der Waals surface area contributed by atoms with Crippen LogP contribution in [0.4, 0.5) is 0 Å². The van der Waals surface area contributed by atoms with Crippen molar-refractivity contribution in [3.8, 4) is 0 Å². The molecule has 1 saturated carbocycles. The predicted octanol–water partition coefficient (Wildman–Crippen LogP) is 2.12. The molecule has 0 unspecified atom stereocenters. The molecule has 1 aromatic carbocycles. The van der Waals surface area contributed by atoms with E-state index in [9.17, 15) is 4.79 Å². The Bertz CT molecular complexity index is 503. The first-order chi connectivity index (χ1) is 10.6. The Hall–Kier alpha value is -1.39. The maximum Gasteiger partial charge on any atom is 0.240 e. The number of ether oxygens (including phenoxy) is 1. The fourth-order valence-corrected chi connectivity index (χ4v) is 3.80. The Morgan fingerprint density at radius 3 is 2.36 bits per heavy atom. The van der Waals surface area contributed by atoms with E-state index < -0.39 is 5.54 Å². The highest BCUT2D eigenvalue weighted by molar-refractivity contribution is 5.86. The van der Waals surface area contributed by atoms with Gasteiger partial charge in [0.15, 0.2) is 0 Å². The van der Waals surface area contributed by atoms with Crippen LogP contribution < -0.4 is 11.1 Å². The highest BCUT2D eigenvalue weighted by Crippen LogP contribution is 2.40. The summed E-state index contributed by atoms with van der Waals surface area (Å²) >= 11 is 0. The Labute approximate surface area is 132 Å². The lowest BCUT2D eigenvalue weighted by molar-refractivity contribution is -0.130. The van der Waals surface area contributed by atoms with Crippen molar-refractivity contribution in [3.05, 3.63) is 35.9 Å². The van der Waals surface area contributed by atoms with Crippen molar-refractivity contribution in [1.29, 1.82) is 0 Å². The first-order valence-electron chi connectivity index (χ1n) is 8.35. The van der Waals surface area contributed by atoms with Gasteiger partial charge < -0.3 is 15.8 Å². The minimum Gasteiger partial charge on any atom is -0.381 e. The third kappa shape index (κ3) is 3.03. The van der Waals surface area contributed by atoms with E-state index in [2.05, 4.69) is 29.6 Å². The number of carbonyl (C=O) groups excluding carboxylic acids is 1. The van der Waals surface area contributed by atoms with Crippen LogP contribution >= 0.6 is 0 Å². The molecule has 0 bridgehead atoms. The van der Waals surface area contributed by atoms with Gasteiger partial charge in [0.25, 0.3) is 0 Å². The second kappa shape index (κ2) is 6.39. The smallest absolute Gasteiger partial charge is 0.240 e. The fraction of sp³-hybridized carbons (Fsp3) is 0.611. The van der Waals surface area contributed by atoms with Gasteiger partial charge in [-0.15, -0.1) is 0 Å². The van der Waals surface area contributed by atoms with E-state index in [0.717, 1.165) is 12.8 Å². The highest BCUT2D eigenvalue weighted by atomic mass is 16.5. The molecule has 0 aromatic heterocycles. The number of nitrogens with two attached hydrogens (primary N) is 1. The van der Waals surface area contributed by atoms with Crippen molar-refractivity contribution in [2.75, 3.05) is 19.8 Å². The van der Waals surface area contributed by atoms with E-state index in [1.807, 2.05) is 6.07 Å². The molecule has 1 aromatic rings. The van der Waals surface area contributed by atoms with Crippen LogP contribution in [0.3, 0.4) is 0 Å². The van der Waals surface area contributed by atoms with Crippen molar-refractivity contribution in [2.45, 2.75) is 49.5 Å². The number of nitrogens with one attached hydrogen (secondary N) is 1. The molecule has 0 atom stereocenters. The van der Waals surface area contributed by atoms with Crippen LogP contribution in [0.5, 0.6) is 0 Å². The van der Waals surface area contributed by atoms with Gasteiger partial charge in [-0.3, -0.25) is 4.79 Å². The van der Waals surface area contributed by atoms with Gasteiger partial charge in [-0.05, 0) is 31.2 Å². The molecular weight excluding hydrogens is 276 g/mol. The summed E-state index contributed by atoms with van der Waals surface area (Å²) in [7, 11) is 0. The minimum absolute atomic E-state index is 0.0157. The molecule has 1 heterocycles. The van der Waals surface area contributed by atoms with Crippen molar-refractivity contribution in [1.82, 2.24) is 5.32 Å². The first kappa shape index (κ1) is 15.5. The van der Waals surface area contributed by atoms with Gasteiger partial charge in [0.2, 0.25) is 5.91 Å². The Balaban J connectivity index is 1.69. The summed E-state index contributed by atoms with van der Waals surface area (Å²) in [6.07, 6.45) is 5.95. The maximum absolute atomic E-state index is 12.6. The van der Waals surface area contributed by atoms with Crippen molar-refractivity contribution in [2.24, 2.45) is 5.73 Å². The Kier molecular flexibility index (Phi) is 4.50. The Morgan fingerprint density at radius 2 is 1.73 bits per heavy atom. The summed E-state index contributed by atoms with van der Waals surface area (Å²) in [6, 6.07) is 10.6. The lowest BCUT2D eigenvalue weighted by Gasteiger charge is -2.35. The molecule has 1 aliphatic heterocycles. The summed E-state index contributed by atoms with van der Waals surface area (Å²) in [4.78, 5) is 12.6. The molecule has 4 nitrogen and oxygen atoms in total. The van der Waals surface area contributed by atoms with Gasteiger partial charge in [0, 0.05) is 25.2 Å². The third-order valence-corrected chi connectivity index (χ3v) is 5.37. The van der Waals surface area contributed by atoms with Gasteiger partial charge in [0.05, 0.1) is 5.54 Å². The van der Waals surface area contributed by atoms with E-state index in [0.29, 0.717) is 32.6 Å². The number of hydrogen-bond donors (Lipinski definition) is 2. The quantitative estimate of drug-likeness (QED) is 0.895. The average molecular weight is 302 g/mol. The minimum atomic E-state index is -0.755. The fourth-order valence-electron chi connectivity index (χ4n) is 3.80. The highest BCUT2D eigenvalue weighted by Gasteiger charge is 2.39. The lowest BCUT2D eigenvalue weighted by atomic mass is 9.78. The summed E-state index contributed by atoms with van der Waals surface area (Å²) in [5.74, 6) is -0.0157. The zero-order valence-electron chi connectivity index (χ0n) is 13.1. The van der Waals surface area contributed by atoms with Gasteiger partial charge in [-0.2, -0.15) is 0 Å². The molecule has 1 amide bonds. The normalized spacial score (nSPS) is 23.1. The summed E-state index contributed by atoms with van der Waals surface area (Å²) in [5, 5.41) is 3.15. The molecule has 4 heteroatoms. The van der Waals surface area contributed by atoms with Crippen LogP contribution in [0.1, 0.15) is 44.1 Å². The molecule has 1 saturated heterocycles. The molecule has 3 rings (SSSR count). The summed E-state index contributed by atoms with van der Waals surface area (Å²) < 4.78 is 5.32. The van der Waals surface area contributed by atoms with E-state index in [-0.39, 0.29) is 11.3 Å². The van der Waals surface area contributed by atoms with Gasteiger partial charge >= 0.3 is 0 Å². The molecular formula is C18H26N2O2. The van der Waals surface area contributed by atoms with Crippen LogP contribution in [0.25, 0.3) is 0 Å². The number of carbonyl (C=O) groups is 1. The number of rotatable bonds is 4. The number of hydrogen-bond acceptors (Lipinski definition) is 3. The van der Waals surface area contributed by atoms with E-state index >= 15 is 0 Å². The van der Waals surface area contributed by atoms with E-state index in [1.54, 1.807) is 0 Å². The largest absolute Gasteiger partial charge is 0.381 e. The third-order valence-electron chi connectivity index (χ3n) is 5.37. The van der Waals surface area contributed by atoms with E-state index in [4.69, 9.17) is 10.5 Å². The SMILES string of the molecule is NC1(C(=O)NCC2(c3ccccc3)CCCC2)CCOCC1. The number of amides is 1. The predicted molar refractivity (Wildman–Crippen MR) is 86.6 cm³/mol. The monoisotopic (exact) mass is 302 g/mol. The van der Waals surface area contributed by atoms with Crippen LogP contribution in [-0.2, 0) is 14.9 Å². The van der Waals surface area contributed by atoms with Crippen molar-refractivity contribution in [3.63, 3.8) is 0 Å². The summed E-state index contributed by atoms with van der Waals surface area (Å²) in [5.41, 5.74) is 6.94. The zero-order valence-corrected chi connectivity index (χ0v) is 13.1. The maximum atomic E-state index is 12.6. The second-order valence-electron chi connectivity index (χ2n) is 6.80. The molecule has 0 spiro atoms. The average Bonchev–Trinajstić information content (AvgIpc) is 3.04. The molecule has 120 valence electrons. The van der Waals surface area contributed by atoms with Crippen molar-refractivity contribution >= 4 is 5.91 Å².